The van der Waals surface area contributed by atoms with Crippen LogP contribution in [0.4, 0.5) is 5.69 Å². The average molecular weight is 328 g/mol. The van der Waals surface area contributed by atoms with Crippen LogP contribution in [0, 0.1) is 0 Å². The average Bonchev–Trinajstić information content (AvgIpc) is 2.91. The molecule has 0 radical (unpaired) electrons. The van der Waals surface area contributed by atoms with Crippen molar-refractivity contribution in [1.29, 1.82) is 0 Å². The van der Waals surface area contributed by atoms with Gasteiger partial charge in [0.15, 0.2) is 10.3 Å². The molecule has 7 heteroatoms. The summed E-state index contributed by atoms with van der Waals surface area (Å²) in [6.45, 7) is 0. The third-order valence-electron chi connectivity index (χ3n) is 3.37. The maximum absolute atomic E-state index is 12.5. The Morgan fingerprint density at radius 1 is 1.35 bits per heavy atom. The summed E-state index contributed by atoms with van der Waals surface area (Å²) in [6.07, 6.45) is 4.15. The summed E-state index contributed by atoms with van der Waals surface area (Å²) in [5.41, 5.74) is 1.39. The van der Waals surface area contributed by atoms with E-state index in [9.17, 15) is 4.79 Å². The molecule has 1 amide bonds. The van der Waals surface area contributed by atoms with E-state index in [1.54, 1.807) is 11.3 Å². The summed E-state index contributed by atoms with van der Waals surface area (Å²) in [5, 5.41) is 5.09. The Kier molecular flexibility index (Phi) is 3.92. The molecule has 1 atom stereocenters. The van der Waals surface area contributed by atoms with Gasteiger partial charge in [-0.25, -0.2) is 9.97 Å². The third-order valence-corrected chi connectivity index (χ3v) is 4.94. The second kappa shape index (κ2) is 5.68. The van der Waals surface area contributed by atoms with E-state index in [0.717, 1.165) is 24.8 Å². The molecule has 0 saturated carbocycles. The highest BCUT2D eigenvalue weighted by atomic mass is 35.5. The Bertz CT molecular complexity index is 639. The van der Waals surface area contributed by atoms with Gasteiger partial charge in [-0.3, -0.25) is 4.79 Å². The number of thiophene rings is 1. The molecule has 0 fully saturated rings. The van der Waals surface area contributed by atoms with Gasteiger partial charge in [-0.05, 0) is 36.3 Å². The molecule has 1 aliphatic carbocycles. The summed E-state index contributed by atoms with van der Waals surface area (Å²) in [7, 11) is 0. The second-order valence-electron chi connectivity index (χ2n) is 4.56. The topological polar surface area (TPSA) is 54.9 Å². The van der Waals surface area contributed by atoms with Crippen LogP contribution in [0.5, 0.6) is 0 Å². The first-order valence-electron chi connectivity index (χ1n) is 6.20. The van der Waals surface area contributed by atoms with Crippen LogP contribution in [0.1, 0.15) is 29.2 Å². The standard InChI is InChI=1S/C13H11Cl2N3OS/c14-11-10(12(15)17-6-16-11)18-13(19)8-2-1-3-9-7(8)4-5-20-9/h4-6,8H,1-3H2,(H,18,19). The van der Waals surface area contributed by atoms with Crippen LogP contribution in [-0.4, -0.2) is 15.9 Å². The Morgan fingerprint density at radius 2 is 2.10 bits per heavy atom. The summed E-state index contributed by atoms with van der Waals surface area (Å²) >= 11 is 13.6. The Hall–Kier alpha value is -1.17. The van der Waals surface area contributed by atoms with Gasteiger partial charge in [0.25, 0.3) is 0 Å². The fraction of sp³-hybridized carbons (Fsp3) is 0.308. The highest BCUT2D eigenvalue weighted by molar-refractivity contribution is 7.10. The predicted octanol–water partition coefficient (Wildman–Crippen LogP) is 3.90. The SMILES string of the molecule is O=C(Nc1c(Cl)ncnc1Cl)C1CCCc2sccc21. The van der Waals surface area contributed by atoms with Gasteiger partial charge >= 0.3 is 0 Å². The van der Waals surface area contributed by atoms with E-state index in [2.05, 4.69) is 15.3 Å². The van der Waals surface area contributed by atoms with Crippen molar-refractivity contribution in [3.05, 3.63) is 38.5 Å². The van der Waals surface area contributed by atoms with Crippen LogP contribution in [0.25, 0.3) is 0 Å². The molecule has 2 heterocycles. The van der Waals surface area contributed by atoms with Crippen LogP contribution >= 0.6 is 34.5 Å². The van der Waals surface area contributed by atoms with E-state index in [-0.39, 0.29) is 27.8 Å². The third kappa shape index (κ3) is 2.53. The molecule has 0 spiro atoms. The highest BCUT2D eigenvalue weighted by Crippen LogP contribution is 2.36. The van der Waals surface area contributed by atoms with Crippen molar-refractivity contribution in [2.24, 2.45) is 0 Å². The normalized spacial score (nSPS) is 17.6. The predicted molar refractivity (Wildman–Crippen MR) is 80.7 cm³/mol. The molecule has 2 aromatic rings. The van der Waals surface area contributed by atoms with Gasteiger partial charge in [0, 0.05) is 4.88 Å². The number of fused-ring (bicyclic) bond motifs is 1. The molecule has 4 nitrogen and oxygen atoms in total. The van der Waals surface area contributed by atoms with Crippen molar-refractivity contribution >= 4 is 46.1 Å². The molecule has 20 heavy (non-hydrogen) atoms. The lowest BCUT2D eigenvalue weighted by atomic mass is 9.87. The van der Waals surface area contributed by atoms with E-state index >= 15 is 0 Å². The van der Waals surface area contributed by atoms with Crippen LogP contribution in [0.15, 0.2) is 17.8 Å². The van der Waals surface area contributed by atoms with Crippen molar-refractivity contribution in [1.82, 2.24) is 9.97 Å². The first-order valence-corrected chi connectivity index (χ1v) is 7.83. The first-order chi connectivity index (χ1) is 9.66. The fourth-order valence-corrected chi connectivity index (χ4v) is 3.81. The molecule has 2 aromatic heterocycles. The largest absolute Gasteiger partial charge is 0.320 e. The number of hydrogen-bond donors (Lipinski definition) is 1. The van der Waals surface area contributed by atoms with Crippen LogP contribution < -0.4 is 5.32 Å². The molecular weight excluding hydrogens is 317 g/mol. The molecule has 0 aromatic carbocycles. The number of rotatable bonds is 2. The summed E-state index contributed by atoms with van der Waals surface area (Å²) in [5.74, 6) is -0.264. The van der Waals surface area contributed by atoms with Crippen molar-refractivity contribution in [3.63, 3.8) is 0 Å². The molecule has 104 valence electrons. The monoisotopic (exact) mass is 327 g/mol. The number of halogens is 2. The number of nitrogens with one attached hydrogen (secondary N) is 1. The van der Waals surface area contributed by atoms with Crippen LogP contribution in [0.2, 0.25) is 10.3 Å². The summed E-state index contributed by atoms with van der Waals surface area (Å²) < 4.78 is 0. The summed E-state index contributed by atoms with van der Waals surface area (Å²) in [4.78, 5) is 21.4. The summed E-state index contributed by atoms with van der Waals surface area (Å²) in [6, 6.07) is 2.02. The quantitative estimate of drug-likeness (QED) is 0.851. The van der Waals surface area contributed by atoms with E-state index in [0.29, 0.717) is 0 Å². The van der Waals surface area contributed by atoms with E-state index < -0.39 is 0 Å². The minimum absolute atomic E-state index is 0.108. The van der Waals surface area contributed by atoms with E-state index in [4.69, 9.17) is 23.2 Å². The van der Waals surface area contributed by atoms with Crippen molar-refractivity contribution in [3.8, 4) is 0 Å². The molecule has 0 saturated heterocycles. The number of aryl methyl sites for hydroxylation is 1. The number of anilines is 1. The van der Waals surface area contributed by atoms with Crippen molar-refractivity contribution < 1.29 is 4.79 Å². The van der Waals surface area contributed by atoms with Crippen molar-refractivity contribution in [2.45, 2.75) is 25.2 Å². The minimum Gasteiger partial charge on any atom is -0.320 e. The lowest BCUT2D eigenvalue weighted by Gasteiger charge is -2.22. The Morgan fingerprint density at radius 3 is 2.85 bits per heavy atom. The van der Waals surface area contributed by atoms with Crippen molar-refractivity contribution in [2.75, 3.05) is 5.32 Å². The highest BCUT2D eigenvalue weighted by Gasteiger charge is 2.28. The number of amides is 1. The Labute approximate surface area is 130 Å². The zero-order valence-corrected chi connectivity index (χ0v) is 12.7. The van der Waals surface area contributed by atoms with Gasteiger partial charge in [0.2, 0.25) is 5.91 Å². The van der Waals surface area contributed by atoms with Gasteiger partial charge in [0.05, 0.1) is 5.92 Å². The molecular formula is C13H11Cl2N3OS. The zero-order valence-electron chi connectivity index (χ0n) is 10.4. The zero-order chi connectivity index (χ0) is 14.1. The molecule has 0 aliphatic heterocycles. The number of nitrogens with zero attached hydrogens (tertiary/aromatic N) is 2. The van der Waals surface area contributed by atoms with Gasteiger partial charge < -0.3 is 5.32 Å². The second-order valence-corrected chi connectivity index (χ2v) is 6.28. The molecule has 1 N–H and O–H groups in total. The van der Waals surface area contributed by atoms with Gasteiger partial charge in [-0.1, -0.05) is 23.2 Å². The van der Waals surface area contributed by atoms with Gasteiger partial charge in [-0.15, -0.1) is 11.3 Å². The molecule has 0 bridgehead atoms. The lowest BCUT2D eigenvalue weighted by Crippen LogP contribution is -2.24. The van der Waals surface area contributed by atoms with Gasteiger partial charge in [-0.2, -0.15) is 0 Å². The number of aromatic nitrogens is 2. The van der Waals surface area contributed by atoms with E-state index in [1.807, 2.05) is 11.4 Å². The fourth-order valence-electron chi connectivity index (χ4n) is 2.42. The minimum atomic E-state index is -0.155. The molecule has 3 rings (SSSR count). The molecule has 1 aliphatic rings. The van der Waals surface area contributed by atoms with E-state index in [1.165, 1.54) is 11.2 Å². The van der Waals surface area contributed by atoms with Crippen LogP contribution in [0.3, 0.4) is 0 Å². The first kappa shape index (κ1) is 13.8. The van der Waals surface area contributed by atoms with Gasteiger partial charge in [0.1, 0.15) is 12.0 Å². The number of hydrogen-bond acceptors (Lipinski definition) is 4. The van der Waals surface area contributed by atoms with Crippen LogP contribution in [-0.2, 0) is 11.2 Å². The molecule has 1 unspecified atom stereocenters. The maximum atomic E-state index is 12.5. The maximum Gasteiger partial charge on any atom is 0.232 e. The number of carbonyl (C=O) groups excluding carboxylic acids is 1. The number of carbonyl (C=O) groups is 1. The Balaban J connectivity index is 1.85. The smallest absolute Gasteiger partial charge is 0.232 e. The lowest BCUT2D eigenvalue weighted by molar-refractivity contribution is -0.117.